The van der Waals surface area contributed by atoms with E-state index < -0.39 is 0 Å². The van der Waals surface area contributed by atoms with Gasteiger partial charge >= 0.3 is 0 Å². The first kappa shape index (κ1) is 44.0. The minimum absolute atomic E-state index is 0.886. The molecule has 0 radical (unpaired) electrons. The Kier molecular flexibility index (Phi) is 35.8. The van der Waals surface area contributed by atoms with Crippen LogP contribution in [0.1, 0.15) is 260 Å². The lowest BCUT2D eigenvalue weighted by Crippen LogP contribution is -2.16. The number of rotatable bonds is 37. The summed E-state index contributed by atoms with van der Waals surface area (Å²) in [6, 6.07) is 0. The summed E-state index contributed by atoms with van der Waals surface area (Å²) in [5, 5.41) is 0. The van der Waals surface area contributed by atoms with Crippen molar-refractivity contribution in [1.29, 1.82) is 0 Å². The Morgan fingerprint density at radius 3 is 0.614 bits per heavy atom. The van der Waals surface area contributed by atoms with Crippen molar-refractivity contribution in [3.63, 3.8) is 0 Å². The molecule has 266 valence electrons. The maximum Gasteiger partial charge on any atom is -0.0386 e. The van der Waals surface area contributed by atoms with Crippen molar-refractivity contribution in [3.8, 4) is 0 Å². The Balaban J connectivity index is 4.75. The van der Waals surface area contributed by atoms with Gasteiger partial charge in [0.25, 0.3) is 0 Å². The molecule has 0 aromatic heterocycles. The van der Waals surface area contributed by atoms with Crippen molar-refractivity contribution in [2.24, 2.45) is 23.7 Å². The van der Waals surface area contributed by atoms with Crippen LogP contribution in [0.25, 0.3) is 0 Å². The molecule has 0 spiro atoms. The van der Waals surface area contributed by atoms with Crippen molar-refractivity contribution in [3.05, 3.63) is 0 Å². The normalized spacial score (nSPS) is 13.4. The van der Waals surface area contributed by atoms with Gasteiger partial charge in [-0.1, -0.05) is 260 Å². The summed E-state index contributed by atoms with van der Waals surface area (Å²) < 4.78 is 0. The summed E-state index contributed by atoms with van der Waals surface area (Å²) in [5.41, 5.74) is 0. The fourth-order valence-corrected chi connectivity index (χ4v) is 7.64. The molecule has 0 saturated heterocycles. The fourth-order valence-electron chi connectivity index (χ4n) is 7.64. The number of hydrogen-bond donors (Lipinski definition) is 0. The third kappa shape index (κ3) is 33.4. The van der Waals surface area contributed by atoms with Gasteiger partial charge in [0.2, 0.25) is 0 Å². The highest BCUT2D eigenvalue weighted by molar-refractivity contribution is 4.72. The molecule has 0 nitrogen and oxygen atoms in total. The standard InChI is InChI=1S/C44H90/c1-7-9-11-13-17-25-31-37-43(39-33-27-21-15-19-23-29-35-41(3)4)44(38-32-26-18-14-12-10-8-2)40-34-28-22-16-20-24-30-36-42(5)6/h41-44H,7-40H2,1-6H3. The molecule has 0 saturated carbocycles. The van der Waals surface area contributed by atoms with Gasteiger partial charge in [0, 0.05) is 0 Å². The molecule has 0 heterocycles. The Bertz CT molecular complexity index is 458. The van der Waals surface area contributed by atoms with Crippen LogP contribution in [-0.4, -0.2) is 0 Å². The fraction of sp³-hybridized carbons (Fsp3) is 1.00. The quantitative estimate of drug-likeness (QED) is 0.0608. The van der Waals surface area contributed by atoms with Gasteiger partial charge in [-0.2, -0.15) is 0 Å². The minimum Gasteiger partial charge on any atom is -0.0654 e. The van der Waals surface area contributed by atoms with Crippen LogP contribution >= 0.6 is 0 Å². The summed E-state index contributed by atoms with van der Waals surface area (Å²) in [7, 11) is 0. The van der Waals surface area contributed by atoms with Gasteiger partial charge in [-0.3, -0.25) is 0 Å². The van der Waals surface area contributed by atoms with E-state index in [4.69, 9.17) is 0 Å². The second-order valence-corrected chi connectivity index (χ2v) is 16.2. The minimum atomic E-state index is 0.886. The molecule has 0 aliphatic heterocycles. The molecule has 0 bridgehead atoms. The monoisotopic (exact) mass is 619 g/mol. The molecule has 0 aromatic rings. The summed E-state index contributed by atoms with van der Waals surface area (Å²) in [6.07, 6.45) is 50.3. The highest BCUT2D eigenvalue weighted by atomic mass is 14.3. The highest BCUT2D eigenvalue weighted by Crippen LogP contribution is 2.34. The first-order valence-electron chi connectivity index (χ1n) is 21.5. The van der Waals surface area contributed by atoms with Gasteiger partial charge in [0.1, 0.15) is 0 Å². The van der Waals surface area contributed by atoms with Gasteiger partial charge in [-0.15, -0.1) is 0 Å². The largest absolute Gasteiger partial charge is 0.0654 e. The van der Waals surface area contributed by atoms with Crippen LogP contribution in [0.5, 0.6) is 0 Å². The first-order chi connectivity index (χ1) is 21.5. The van der Waals surface area contributed by atoms with Gasteiger partial charge in [0.05, 0.1) is 0 Å². The molecule has 2 atom stereocenters. The van der Waals surface area contributed by atoms with Crippen LogP contribution in [0.3, 0.4) is 0 Å². The van der Waals surface area contributed by atoms with Gasteiger partial charge in [-0.25, -0.2) is 0 Å². The molecule has 2 unspecified atom stereocenters. The smallest absolute Gasteiger partial charge is 0.0386 e. The molecule has 0 N–H and O–H groups in total. The molecule has 0 amide bonds. The van der Waals surface area contributed by atoms with E-state index in [0.717, 1.165) is 23.7 Å². The zero-order chi connectivity index (χ0) is 32.4. The first-order valence-corrected chi connectivity index (χ1v) is 21.5. The SMILES string of the molecule is CCCCCCCCCC(CCCCCCCCCC(C)C)C(CCCCCCCCC)CCCCCCCCCC(C)C. The second-order valence-electron chi connectivity index (χ2n) is 16.2. The van der Waals surface area contributed by atoms with Crippen LogP contribution in [0, 0.1) is 23.7 Å². The molecular formula is C44H90. The van der Waals surface area contributed by atoms with E-state index in [1.165, 1.54) is 193 Å². The summed E-state index contributed by atoms with van der Waals surface area (Å²) in [6.45, 7) is 14.2. The molecular weight excluding hydrogens is 528 g/mol. The van der Waals surface area contributed by atoms with Crippen molar-refractivity contribution in [1.82, 2.24) is 0 Å². The maximum absolute atomic E-state index is 2.37. The van der Waals surface area contributed by atoms with Crippen LogP contribution in [0.15, 0.2) is 0 Å². The summed E-state index contributed by atoms with van der Waals surface area (Å²) in [5.74, 6) is 3.81. The zero-order valence-electron chi connectivity index (χ0n) is 32.4. The maximum atomic E-state index is 2.37. The molecule has 0 fully saturated rings. The summed E-state index contributed by atoms with van der Waals surface area (Å²) >= 11 is 0. The van der Waals surface area contributed by atoms with Crippen LogP contribution in [-0.2, 0) is 0 Å². The average Bonchev–Trinajstić information content (AvgIpc) is 3.00. The van der Waals surface area contributed by atoms with E-state index in [1.807, 2.05) is 0 Å². The lowest BCUT2D eigenvalue weighted by atomic mass is 9.78. The van der Waals surface area contributed by atoms with E-state index in [-0.39, 0.29) is 0 Å². The van der Waals surface area contributed by atoms with Crippen molar-refractivity contribution in [2.45, 2.75) is 260 Å². The topological polar surface area (TPSA) is 0 Å². The van der Waals surface area contributed by atoms with Crippen LogP contribution < -0.4 is 0 Å². The molecule has 0 aliphatic rings. The Hall–Kier alpha value is 0. The second kappa shape index (κ2) is 35.8. The van der Waals surface area contributed by atoms with E-state index >= 15 is 0 Å². The lowest BCUT2D eigenvalue weighted by Gasteiger charge is -2.28. The van der Waals surface area contributed by atoms with Crippen LogP contribution in [0.4, 0.5) is 0 Å². The molecule has 0 rings (SSSR count). The molecule has 44 heavy (non-hydrogen) atoms. The average molecular weight is 619 g/mol. The zero-order valence-corrected chi connectivity index (χ0v) is 32.4. The van der Waals surface area contributed by atoms with Crippen molar-refractivity contribution < 1.29 is 0 Å². The molecule has 0 heteroatoms. The highest BCUT2D eigenvalue weighted by Gasteiger charge is 2.20. The third-order valence-corrected chi connectivity index (χ3v) is 10.7. The van der Waals surface area contributed by atoms with Crippen molar-refractivity contribution in [2.75, 3.05) is 0 Å². The number of unbranched alkanes of at least 4 members (excludes halogenated alkanes) is 24. The number of hydrogen-bond acceptors (Lipinski definition) is 0. The van der Waals surface area contributed by atoms with Gasteiger partial charge in [-0.05, 0) is 23.7 Å². The van der Waals surface area contributed by atoms with Crippen molar-refractivity contribution >= 4 is 0 Å². The Labute approximate surface area is 282 Å². The third-order valence-electron chi connectivity index (χ3n) is 10.7. The van der Waals surface area contributed by atoms with Gasteiger partial charge in [0.15, 0.2) is 0 Å². The Morgan fingerprint density at radius 2 is 0.409 bits per heavy atom. The molecule has 0 aliphatic carbocycles. The predicted molar refractivity (Wildman–Crippen MR) is 205 cm³/mol. The van der Waals surface area contributed by atoms with E-state index in [2.05, 4.69) is 41.5 Å². The predicted octanol–water partition coefficient (Wildman–Crippen LogP) is 16.8. The van der Waals surface area contributed by atoms with E-state index in [0.29, 0.717) is 0 Å². The van der Waals surface area contributed by atoms with E-state index in [1.54, 1.807) is 25.7 Å². The molecule has 0 aromatic carbocycles. The van der Waals surface area contributed by atoms with E-state index in [9.17, 15) is 0 Å². The van der Waals surface area contributed by atoms with Gasteiger partial charge < -0.3 is 0 Å². The Morgan fingerprint density at radius 1 is 0.227 bits per heavy atom. The lowest BCUT2D eigenvalue weighted by molar-refractivity contribution is 0.236. The summed E-state index contributed by atoms with van der Waals surface area (Å²) in [4.78, 5) is 0. The van der Waals surface area contributed by atoms with Crippen LogP contribution in [0.2, 0.25) is 0 Å².